The van der Waals surface area contributed by atoms with E-state index in [-0.39, 0.29) is 11.0 Å². The van der Waals surface area contributed by atoms with Gasteiger partial charge in [0.1, 0.15) is 0 Å². The molecule has 1 heteroatoms. The van der Waals surface area contributed by atoms with E-state index in [1.165, 1.54) is 22.4 Å². The number of aryl methyl sites for hydroxylation is 1. The summed E-state index contributed by atoms with van der Waals surface area (Å²) >= 11 is 0. The van der Waals surface area contributed by atoms with Gasteiger partial charge in [-0.15, -0.1) is 0 Å². The molecule has 110 valence electrons. The van der Waals surface area contributed by atoms with E-state index in [4.69, 9.17) is 0 Å². The standard InChI is InChI=1S/C20H25N/c1-5-15-10-12-16(13-11-15)20(4)14-19(2,3)21-18-9-7-6-8-17(18)20/h6-13,21H,5,14H2,1-4H3. The minimum absolute atomic E-state index is 0.0671. The van der Waals surface area contributed by atoms with Crippen LogP contribution < -0.4 is 5.32 Å². The lowest BCUT2D eigenvalue weighted by Gasteiger charge is -2.46. The quantitative estimate of drug-likeness (QED) is 0.801. The van der Waals surface area contributed by atoms with E-state index < -0.39 is 0 Å². The normalized spacial score (nSPS) is 23.2. The molecule has 3 rings (SSSR count). The number of para-hydroxylation sites is 1. The summed E-state index contributed by atoms with van der Waals surface area (Å²) in [5.41, 5.74) is 5.68. The Morgan fingerprint density at radius 1 is 0.952 bits per heavy atom. The Kier molecular flexibility index (Phi) is 3.32. The highest BCUT2D eigenvalue weighted by atomic mass is 15.0. The van der Waals surface area contributed by atoms with Gasteiger partial charge >= 0.3 is 0 Å². The summed E-state index contributed by atoms with van der Waals surface area (Å²) in [6, 6.07) is 17.9. The fourth-order valence-corrected chi connectivity index (χ4v) is 3.83. The van der Waals surface area contributed by atoms with Crippen LogP contribution in [-0.4, -0.2) is 5.54 Å². The second kappa shape index (κ2) is 4.91. The van der Waals surface area contributed by atoms with Gasteiger partial charge in [0.2, 0.25) is 0 Å². The van der Waals surface area contributed by atoms with Crippen LogP contribution in [0.3, 0.4) is 0 Å². The number of benzene rings is 2. The van der Waals surface area contributed by atoms with E-state index in [1.54, 1.807) is 0 Å². The van der Waals surface area contributed by atoms with Crippen LogP contribution in [0.4, 0.5) is 5.69 Å². The molecule has 1 aliphatic heterocycles. The van der Waals surface area contributed by atoms with Crippen molar-refractivity contribution in [2.24, 2.45) is 0 Å². The summed E-state index contributed by atoms with van der Waals surface area (Å²) in [6.07, 6.45) is 2.20. The lowest BCUT2D eigenvalue weighted by Crippen LogP contribution is -2.45. The number of fused-ring (bicyclic) bond motifs is 1. The van der Waals surface area contributed by atoms with Crippen molar-refractivity contribution in [3.8, 4) is 0 Å². The van der Waals surface area contributed by atoms with Gasteiger partial charge in [-0.1, -0.05) is 56.3 Å². The van der Waals surface area contributed by atoms with E-state index in [0.29, 0.717) is 0 Å². The summed E-state index contributed by atoms with van der Waals surface area (Å²) in [6.45, 7) is 9.18. The van der Waals surface area contributed by atoms with Gasteiger partial charge in [-0.3, -0.25) is 0 Å². The molecule has 1 aliphatic rings. The molecule has 1 heterocycles. The molecule has 0 spiro atoms. The van der Waals surface area contributed by atoms with Gasteiger partial charge in [0.15, 0.2) is 0 Å². The first-order valence-electron chi connectivity index (χ1n) is 7.92. The zero-order chi connectivity index (χ0) is 15.1. The maximum absolute atomic E-state index is 3.68. The van der Waals surface area contributed by atoms with Crippen molar-refractivity contribution in [2.45, 2.75) is 51.5 Å². The fraction of sp³-hybridized carbons (Fsp3) is 0.400. The summed E-state index contributed by atoms with van der Waals surface area (Å²) in [4.78, 5) is 0. The van der Waals surface area contributed by atoms with Crippen LogP contribution in [-0.2, 0) is 11.8 Å². The molecule has 21 heavy (non-hydrogen) atoms. The molecule has 1 N–H and O–H groups in total. The third kappa shape index (κ3) is 2.46. The van der Waals surface area contributed by atoms with Crippen LogP contribution >= 0.6 is 0 Å². The van der Waals surface area contributed by atoms with Gasteiger partial charge in [-0.25, -0.2) is 0 Å². The second-order valence-corrected chi connectivity index (χ2v) is 7.11. The molecule has 0 saturated heterocycles. The molecule has 0 radical (unpaired) electrons. The van der Waals surface area contributed by atoms with Crippen LogP contribution in [0.1, 0.15) is 50.8 Å². The highest BCUT2D eigenvalue weighted by Gasteiger charge is 2.41. The summed E-state index contributed by atoms with van der Waals surface area (Å²) in [7, 11) is 0. The van der Waals surface area contributed by atoms with Crippen molar-refractivity contribution in [3.63, 3.8) is 0 Å². The van der Waals surface area contributed by atoms with Crippen molar-refractivity contribution in [2.75, 3.05) is 5.32 Å². The van der Waals surface area contributed by atoms with Gasteiger partial charge in [0, 0.05) is 16.6 Å². The Labute approximate surface area is 128 Å². The molecule has 0 amide bonds. The first kappa shape index (κ1) is 14.2. The highest BCUT2D eigenvalue weighted by Crippen LogP contribution is 2.47. The Morgan fingerprint density at radius 3 is 2.29 bits per heavy atom. The number of anilines is 1. The van der Waals surface area contributed by atoms with Gasteiger partial charge in [0.05, 0.1) is 0 Å². The molecule has 2 aromatic carbocycles. The SMILES string of the molecule is CCc1ccc(C2(C)CC(C)(C)Nc3ccccc32)cc1. The lowest BCUT2D eigenvalue weighted by atomic mass is 9.66. The fourth-order valence-electron chi connectivity index (χ4n) is 3.83. The molecule has 1 atom stereocenters. The zero-order valence-corrected chi connectivity index (χ0v) is 13.5. The third-order valence-corrected chi connectivity index (χ3v) is 4.79. The van der Waals surface area contributed by atoms with E-state index in [1.807, 2.05) is 0 Å². The van der Waals surface area contributed by atoms with Crippen LogP contribution in [0.2, 0.25) is 0 Å². The molecular weight excluding hydrogens is 254 g/mol. The van der Waals surface area contributed by atoms with Crippen LogP contribution in [0.25, 0.3) is 0 Å². The predicted molar refractivity (Wildman–Crippen MR) is 91.0 cm³/mol. The lowest BCUT2D eigenvalue weighted by molar-refractivity contribution is 0.378. The Balaban J connectivity index is 2.13. The Morgan fingerprint density at radius 2 is 1.62 bits per heavy atom. The molecular formula is C20H25N. The summed E-state index contributed by atoms with van der Waals surface area (Å²) in [5, 5.41) is 3.68. The van der Waals surface area contributed by atoms with Crippen molar-refractivity contribution < 1.29 is 0 Å². The zero-order valence-electron chi connectivity index (χ0n) is 13.5. The molecule has 1 nitrogen and oxygen atoms in total. The average molecular weight is 279 g/mol. The topological polar surface area (TPSA) is 12.0 Å². The van der Waals surface area contributed by atoms with Gasteiger partial charge < -0.3 is 5.32 Å². The second-order valence-electron chi connectivity index (χ2n) is 7.11. The Bertz CT molecular complexity index is 639. The van der Waals surface area contributed by atoms with Crippen LogP contribution in [0.5, 0.6) is 0 Å². The maximum atomic E-state index is 3.68. The van der Waals surface area contributed by atoms with Crippen molar-refractivity contribution >= 4 is 5.69 Å². The molecule has 0 saturated carbocycles. The van der Waals surface area contributed by atoms with Crippen LogP contribution in [0.15, 0.2) is 48.5 Å². The summed E-state index contributed by atoms with van der Waals surface area (Å²) in [5.74, 6) is 0. The van der Waals surface area contributed by atoms with Crippen molar-refractivity contribution in [1.29, 1.82) is 0 Å². The number of nitrogens with one attached hydrogen (secondary N) is 1. The minimum atomic E-state index is 0.0671. The van der Waals surface area contributed by atoms with Crippen molar-refractivity contribution in [1.82, 2.24) is 0 Å². The Hall–Kier alpha value is -1.76. The smallest absolute Gasteiger partial charge is 0.0385 e. The predicted octanol–water partition coefficient (Wildman–Crippen LogP) is 5.15. The summed E-state index contributed by atoms with van der Waals surface area (Å²) < 4.78 is 0. The molecule has 0 aliphatic carbocycles. The number of rotatable bonds is 2. The van der Waals surface area contributed by atoms with Crippen molar-refractivity contribution in [3.05, 3.63) is 65.2 Å². The van der Waals surface area contributed by atoms with E-state index in [9.17, 15) is 0 Å². The average Bonchev–Trinajstić information content (AvgIpc) is 2.46. The third-order valence-electron chi connectivity index (χ3n) is 4.79. The molecule has 2 aromatic rings. The van der Waals surface area contributed by atoms with Crippen LogP contribution in [0, 0.1) is 0 Å². The molecule has 0 fully saturated rings. The van der Waals surface area contributed by atoms with E-state index in [0.717, 1.165) is 12.8 Å². The first-order valence-corrected chi connectivity index (χ1v) is 7.92. The maximum Gasteiger partial charge on any atom is 0.0385 e. The number of hydrogen-bond acceptors (Lipinski definition) is 1. The minimum Gasteiger partial charge on any atom is -0.380 e. The first-order chi connectivity index (χ1) is 9.94. The van der Waals surface area contributed by atoms with Gasteiger partial charge in [-0.2, -0.15) is 0 Å². The van der Waals surface area contributed by atoms with E-state index >= 15 is 0 Å². The number of hydrogen-bond donors (Lipinski definition) is 1. The monoisotopic (exact) mass is 279 g/mol. The highest BCUT2D eigenvalue weighted by molar-refractivity contribution is 5.62. The largest absolute Gasteiger partial charge is 0.380 e. The van der Waals surface area contributed by atoms with E-state index in [2.05, 4.69) is 81.5 Å². The molecule has 0 aromatic heterocycles. The van der Waals surface area contributed by atoms with Gasteiger partial charge in [-0.05, 0) is 49.4 Å². The molecule has 1 unspecified atom stereocenters. The molecule has 0 bridgehead atoms. The van der Waals surface area contributed by atoms with Gasteiger partial charge in [0.25, 0.3) is 0 Å².